The molecule has 0 unspecified atom stereocenters. The highest BCUT2D eigenvalue weighted by Crippen LogP contribution is 2.26. The Kier molecular flexibility index (Phi) is 6.00. The number of amides is 1. The van der Waals surface area contributed by atoms with E-state index in [0.29, 0.717) is 0 Å². The summed E-state index contributed by atoms with van der Waals surface area (Å²) in [6.07, 6.45) is 0.800. The van der Waals surface area contributed by atoms with Crippen molar-refractivity contribution in [3.63, 3.8) is 0 Å². The monoisotopic (exact) mass is 430 g/mol. The van der Waals surface area contributed by atoms with Crippen LogP contribution < -0.4 is 5.32 Å². The molecule has 1 aromatic rings. The van der Waals surface area contributed by atoms with Crippen LogP contribution in [0.5, 0.6) is 0 Å². The van der Waals surface area contributed by atoms with Crippen molar-refractivity contribution >= 4 is 40.2 Å². The molecule has 0 aromatic heterocycles. The molecular formula is C16H19IN2O4. The third-order valence-electron chi connectivity index (χ3n) is 3.66. The third kappa shape index (κ3) is 3.84. The predicted octanol–water partition coefficient (Wildman–Crippen LogP) is 1.53. The summed E-state index contributed by atoms with van der Waals surface area (Å²) in [6, 6.07) is 5.86. The number of nitrogens with one attached hydrogen (secondary N) is 1. The smallest absolute Gasteiger partial charge is 0.337 e. The van der Waals surface area contributed by atoms with Gasteiger partial charge in [-0.15, -0.1) is 0 Å². The topological polar surface area (TPSA) is 78.9 Å². The molecule has 7 heteroatoms. The van der Waals surface area contributed by atoms with Crippen LogP contribution in [0, 0.1) is 3.57 Å². The fourth-order valence-electron chi connectivity index (χ4n) is 2.46. The number of aryl methyl sites for hydroxylation is 1. The summed E-state index contributed by atoms with van der Waals surface area (Å²) in [4.78, 5) is 25.9. The van der Waals surface area contributed by atoms with Gasteiger partial charge < -0.3 is 20.1 Å². The zero-order valence-electron chi connectivity index (χ0n) is 13.1. The van der Waals surface area contributed by atoms with Crippen LogP contribution in [-0.4, -0.2) is 48.7 Å². The van der Waals surface area contributed by atoms with E-state index in [1.54, 1.807) is 0 Å². The number of β-amino-alcohol motifs (C(OH)–C–C–N with tert-alkyl or cyclic N) is 1. The minimum absolute atomic E-state index is 0.139. The first-order valence-corrected chi connectivity index (χ1v) is 8.36. The van der Waals surface area contributed by atoms with Crippen molar-refractivity contribution in [1.29, 1.82) is 0 Å². The molecule has 6 nitrogen and oxygen atoms in total. The standard InChI is InChI=1S/C16H19IN2O4/c1-3-10-8-11(17)4-5-13(10)18-14-12(16(22)23-2)9-19(6-7-20)15(14)21/h4-5,8,18,20H,3,6-7,9H2,1-2H3. The fourth-order valence-corrected chi connectivity index (χ4v) is 3.02. The van der Waals surface area contributed by atoms with E-state index in [4.69, 9.17) is 9.84 Å². The Balaban J connectivity index is 2.37. The van der Waals surface area contributed by atoms with Crippen LogP contribution in [0.1, 0.15) is 12.5 Å². The summed E-state index contributed by atoms with van der Waals surface area (Å²) >= 11 is 2.23. The number of anilines is 1. The Morgan fingerprint density at radius 3 is 2.83 bits per heavy atom. The second kappa shape index (κ2) is 7.78. The summed E-state index contributed by atoms with van der Waals surface area (Å²) in [5.74, 6) is -0.843. The molecule has 0 fully saturated rings. The van der Waals surface area contributed by atoms with Crippen molar-refractivity contribution in [2.75, 3.05) is 32.1 Å². The number of rotatable bonds is 6. The summed E-state index contributed by atoms with van der Waals surface area (Å²) in [7, 11) is 1.29. The zero-order valence-corrected chi connectivity index (χ0v) is 15.2. The van der Waals surface area contributed by atoms with E-state index in [1.165, 1.54) is 12.0 Å². The molecule has 1 aliphatic rings. The van der Waals surface area contributed by atoms with E-state index < -0.39 is 5.97 Å². The predicted molar refractivity (Wildman–Crippen MR) is 94.9 cm³/mol. The fraction of sp³-hybridized carbons (Fsp3) is 0.375. The van der Waals surface area contributed by atoms with Crippen molar-refractivity contribution in [3.05, 3.63) is 38.6 Å². The third-order valence-corrected chi connectivity index (χ3v) is 4.33. The van der Waals surface area contributed by atoms with Gasteiger partial charge in [-0.05, 0) is 52.8 Å². The molecule has 0 bridgehead atoms. The summed E-state index contributed by atoms with van der Waals surface area (Å²) in [5, 5.41) is 12.2. The minimum Gasteiger partial charge on any atom is -0.466 e. The number of hydrogen-bond acceptors (Lipinski definition) is 5. The van der Waals surface area contributed by atoms with Crippen LogP contribution in [0.2, 0.25) is 0 Å². The lowest BCUT2D eigenvalue weighted by atomic mass is 10.1. The molecule has 0 atom stereocenters. The molecule has 0 spiro atoms. The molecule has 0 saturated carbocycles. The van der Waals surface area contributed by atoms with Gasteiger partial charge in [-0.1, -0.05) is 6.92 Å². The van der Waals surface area contributed by atoms with Gasteiger partial charge in [-0.2, -0.15) is 0 Å². The van der Waals surface area contributed by atoms with Gasteiger partial charge in [0.25, 0.3) is 5.91 Å². The number of benzene rings is 1. The average molecular weight is 430 g/mol. The molecule has 124 valence electrons. The Hall–Kier alpha value is -1.61. The number of halogens is 1. The minimum atomic E-state index is -0.537. The Morgan fingerprint density at radius 2 is 2.22 bits per heavy atom. The molecule has 2 N–H and O–H groups in total. The Morgan fingerprint density at radius 1 is 1.48 bits per heavy atom. The summed E-state index contributed by atoms with van der Waals surface area (Å²) in [6.45, 7) is 2.19. The molecule has 23 heavy (non-hydrogen) atoms. The molecule has 0 radical (unpaired) electrons. The lowest BCUT2D eigenvalue weighted by Gasteiger charge is -2.16. The molecule has 1 aliphatic heterocycles. The van der Waals surface area contributed by atoms with Crippen LogP contribution in [0.15, 0.2) is 29.5 Å². The number of hydrogen-bond donors (Lipinski definition) is 2. The molecular weight excluding hydrogens is 411 g/mol. The Labute approximate surface area is 148 Å². The number of esters is 1. The maximum Gasteiger partial charge on any atom is 0.337 e. The highest BCUT2D eigenvalue weighted by atomic mass is 127. The maximum absolute atomic E-state index is 12.5. The Bertz CT molecular complexity index is 657. The zero-order chi connectivity index (χ0) is 17.0. The molecule has 1 heterocycles. The molecule has 0 aliphatic carbocycles. The molecule has 1 amide bonds. The molecule has 2 rings (SSSR count). The average Bonchev–Trinajstić information content (AvgIpc) is 2.85. The highest BCUT2D eigenvalue weighted by molar-refractivity contribution is 14.1. The van der Waals surface area contributed by atoms with Crippen LogP contribution in [0.4, 0.5) is 5.69 Å². The van der Waals surface area contributed by atoms with Crippen molar-refractivity contribution in [3.8, 4) is 0 Å². The number of ether oxygens (including phenoxy) is 1. The number of carbonyl (C=O) groups is 2. The lowest BCUT2D eigenvalue weighted by molar-refractivity contribution is -0.136. The first kappa shape index (κ1) is 17.7. The number of aliphatic hydroxyl groups is 1. The maximum atomic E-state index is 12.5. The largest absolute Gasteiger partial charge is 0.466 e. The van der Waals surface area contributed by atoms with Crippen molar-refractivity contribution < 1.29 is 19.4 Å². The van der Waals surface area contributed by atoms with Gasteiger partial charge in [-0.25, -0.2) is 4.79 Å². The van der Waals surface area contributed by atoms with Gasteiger partial charge in [0.1, 0.15) is 5.70 Å². The quantitative estimate of drug-likeness (QED) is 0.529. The van der Waals surface area contributed by atoms with E-state index in [1.807, 2.05) is 25.1 Å². The second-order valence-corrected chi connectivity index (χ2v) is 6.32. The van der Waals surface area contributed by atoms with Gasteiger partial charge in [0.2, 0.25) is 0 Å². The van der Waals surface area contributed by atoms with Gasteiger partial charge in [0.05, 0.1) is 25.8 Å². The number of methoxy groups -OCH3 is 1. The molecule has 0 saturated heterocycles. The van der Waals surface area contributed by atoms with E-state index in [0.717, 1.165) is 21.2 Å². The molecule has 1 aromatic carbocycles. The van der Waals surface area contributed by atoms with Gasteiger partial charge >= 0.3 is 5.97 Å². The number of aliphatic hydroxyl groups excluding tert-OH is 1. The van der Waals surface area contributed by atoms with Crippen LogP contribution in [0.25, 0.3) is 0 Å². The van der Waals surface area contributed by atoms with Gasteiger partial charge in [-0.3, -0.25) is 4.79 Å². The van der Waals surface area contributed by atoms with Gasteiger partial charge in [0, 0.05) is 15.8 Å². The van der Waals surface area contributed by atoms with Crippen molar-refractivity contribution in [2.24, 2.45) is 0 Å². The summed E-state index contributed by atoms with van der Waals surface area (Å²) < 4.78 is 5.88. The van der Waals surface area contributed by atoms with Crippen LogP contribution in [-0.2, 0) is 20.7 Å². The van der Waals surface area contributed by atoms with Gasteiger partial charge in [0.15, 0.2) is 0 Å². The van der Waals surface area contributed by atoms with E-state index in [-0.39, 0.29) is 36.9 Å². The first-order chi connectivity index (χ1) is 11.0. The second-order valence-electron chi connectivity index (χ2n) is 5.08. The van der Waals surface area contributed by atoms with Crippen LogP contribution >= 0.6 is 22.6 Å². The number of nitrogens with zero attached hydrogens (tertiary/aromatic N) is 1. The van der Waals surface area contributed by atoms with E-state index in [2.05, 4.69) is 27.9 Å². The SMILES string of the molecule is CCc1cc(I)ccc1NC1=C(C(=O)OC)CN(CCO)C1=O. The first-order valence-electron chi connectivity index (χ1n) is 7.28. The van der Waals surface area contributed by atoms with Crippen LogP contribution in [0.3, 0.4) is 0 Å². The summed E-state index contributed by atoms with van der Waals surface area (Å²) in [5.41, 5.74) is 2.36. The number of carbonyl (C=O) groups excluding carboxylic acids is 2. The van der Waals surface area contributed by atoms with Crippen molar-refractivity contribution in [2.45, 2.75) is 13.3 Å². The van der Waals surface area contributed by atoms with E-state index in [9.17, 15) is 9.59 Å². The highest BCUT2D eigenvalue weighted by Gasteiger charge is 2.34. The van der Waals surface area contributed by atoms with Crippen molar-refractivity contribution in [1.82, 2.24) is 4.90 Å². The van der Waals surface area contributed by atoms with E-state index >= 15 is 0 Å². The lowest BCUT2D eigenvalue weighted by Crippen LogP contribution is -2.31. The normalized spacial score (nSPS) is 14.4.